The zero-order valence-corrected chi connectivity index (χ0v) is 15.0. The summed E-state index contributed by atoms with van der Waals surface area (Å²) < 4.78 is 10.2. The van der Waals surface area contributed by atoms with E-state index in [4.69, 9.17) is 9.47 Å². The number of β-lactam (4-membered cyclic amide) rings is 2. The Hall–Kier alpha value is -1.40. The Morgan fingerprint density at radius 2 is 1.43 bits per heavy atom. The number of ether oxygens (including phenoxy) is 2. The molecule has 132 valence electrons. The van der Waals surface area contributed by atoms with Crippen LogP contribution in [-0.2, 0) is 19.1 Å². The van der Waals surface area contributed by atoms with Crippen molar-refractivity contribution in [2.45, 2.75) is 52.0 Å². The summed E-state index contributed by atoms with van der Waals surface area (Å²) in [6, 6.07) is 0.393. The Balaban J connectivity index is 0.000000231. The van der Waals surface area contributed by atoms with E-state index in [1.165, 1.54) is 0 Å². The summed E-state index contributed by atoms with van der Waals surface area (Å²) in [7, 11) is 3.25. The fourth-order valence-electron chi connectivity index (χ4n) is 2.92. The van der Waals surface area contributed by atoms with Crippen LogP contribution in [-0.4, -0.2) is 50.3 Å². The molecule has 4 unspecified atom stereocenters. The third-order valence-corrected chi connectivity index (χ3v) is 4.72. The molecular weight excluding hydrogens is 296 g/mol. The van der Waals surface area contributed by atoms with Crippen molar-refractivity contribution in [1.82, 2.24) is 10.6 Å². The van der Waals surface area contributed by atoms with Gasteiger partial charge in [0.05, 0.1) is 30.1 Å². The van der Waals surface area contributed by atoms with Crippen LogP contribution in [0.15, 0.2) is 12.7 Å². The second-order valence-electron chi connectivity index (χ2n) is 6.48. The Morgan fingerprint density at radius 1 is 0.957 bits per heavy atom. The Bertz CT molecular complexity index is 438. The maximum atomic E-state index is 11.2. The standard InChI is InChI=1S/C9H17NO2.C8H13NO2/c1-5(2)8-7(6(3)12-4)9(11)10-8;1-4-6-7(5(2)11-3)8(10)9-6/h5-8H,1-4H3,(H,10,11);4-7H,1H2,2-3H3,(H,9,10)/t6?,7-,8?;5?,6?,7-/m11/s1. The Kier molecular flexibility index (Phi) is 7.22. The fraction of sp³-hybridized carbons (Fsp3) is 0.765. The molecule has 2 aliphatic heterocycles. The van der Waals surface area contributed by atoms with Gasteiger partial charge >= 0.3 is 0 Å². The molecule has 0 aromatic rings. The summed E-state index contributed by atoms with van der Waals surface area (Å²) in [5.74, 6) is 0.685. The highest BCUT2D eigenvalue weighted by Crippen LogP contribution is 2.26. The molecule has 0 spiro atoms. The first-order chi connectivity index (χ1) is 10.8. The fourth-order valence-corrected chi connectivity index (χ4v) is 2.92. The zero-order chi connectivity index (χ0) is 17.7. The number of nitrogens with one attached hydrogen (secondary N) is 2. The molecule has 2 saturated heterocycles. The Labute approximate surface area is 139 Å². The first-order valence-corrected chi connectivity index (χ1v) is 8.07. The van der Waals surface area contributed by atoms with Gasteiger partial charge in [-0.05, 0) is 19.8 Å². The molecule has 0 aromatic carbocycles. The molecule has 23 heavy (non-hydrogen) atoms. The van der Waals surface area contributed by atoms with E-state index in [0.29, 0.717) is 12.0 Å². The van der Waals surface area contributed by atoms with Gasteiger partial charge < -0.3 is 20.1 Å². The number of carbonyl (C=O) groups excluding carboxylic acids is 2. The molecule has 0 bridgehead atoms. The molecule has 6 atom stereocenters. The van der Waals surface area contributed by atoms with Crippen LogP contribution >= 0.6 is 0 Å². The second kappa shape index (κ2) is 8.45. The monoisotopic (exact) mass is 326 g/mol. The molecular formula is C17H30N2O4. The van der Waals surface area contributed by atoms with Crippen molar-refractivity contribution in [3.8, 4) is 0 Å². The van der Waals surface area contributed by atoms with E-state index < -0.39 is 0 Å². The van der Waals surface area contributed by atoms with Crippen LogP contribution in [0.5, 0.6) is 0 Å². The first kappa shape index (κ1) is 19.6. The van der Waals surface area contributed by atoms with Crippen molar-refractivity contribution in [1.29, 1.82) is 0 Å². The molecule has 2 aliphatic rings. The number of hydrogen-bond donors (Lipinski definition) is 2. The highest BCUT2D eigenvalue weighted by Gasteiger charge is 2.44. The third kappa shape index (κ3) is 4.32. The molecule has 2 rings (SSSR count). The highest BCUT2D eigenvalue weighted by molar-refractivity contribution is 5.87. The molecule has 0 aromatic heterocycles. The highest BCUT2D eigenvalue weighted by atomic mass is 16.5. The smallest absolute Gasteiger partial charge is 0.228 e. The van der Waals surface area contributed by atoms with Crippen LogP contribution in [0.25, 0.3) is 0 Å². The summed E-state index contributed by atoms with van der Waals surface area (Å²) in [5.41, 5.74) is 0. The van der Waals surface area contributed by atoms with Crippen molar-refractivity contribution in [2.24, 2.45) is 17.8 Å². The van der Waals surface area contributed by atoms with Gasteiger partial charge in [0, 0.05) is 20.3 Å². The minimum absolute atomic E-state index is 0.0215. The first-order valence-electron chi connectivity index (χ1n) is 8.07. The van der Waals surface area contributed by atoms with Crippen LogP contribution in [0.3, 0.4) is 0 Å². The predicted molar refractivity (Wildman–Crippen MR) is 88.8 cm³/mol. The Morgan fingerprint density at radius 3 is 1.78 bits per heavy atom. The SMILES string of the molecule is C=CC1NC(=O)[C@@H]1C(C)OC.COC(C)[C@H]1C(=O)NC1C(C)C. The van der Waals surface area contributed by atoms with E-state index in [9.17, 15) is 9.59 Å². The van der Waals surface area contributed by atoms with Gasteiger partial charge in [-0.25, -0.2) is 0 Å². The van der Waals surface area contributed by atoms with E-state index in [0.717, 1.165) is 0 Å². The average Bonchev–Trinajstić information content (AvgIpc) is 2.49. The minimum atomic E-state index is -0.0440. The van der Waals surface area contributed by atoms with E-state index in [-0.39, 0.29) is 41.9 Å². The number of carbonyl (C=O) groups is 2. The van der Waals surface area contributed by atoms with E-state index >= 15 is 0 Å². The van der Waals surface area contributed by atoms with Crippen molar-refractivity contribution >= 4 is 11.8 Å². The van der Waals surface area contributed by atoms with Crippen LogP contribution in [0, 0.1) is 17.8 Å². The maximum Gasteiger partial charge on any atom is 0.228 e. The molecule has 2 amide bonds. The molecule has 2 N–H and O–H groups in total. The van der Waals surface area contributed by atoms with Gasteiger partial charge in [0.2, 0.25) is 11.8 Å². The minimum Gasteiger partial charge on any atom is -0.381 e. The van der Waals surface area contributed by atoms with Gasteiger partial charge in [0.15, 0.2) is 0 Å². The lowest BCUT2D eigenvalue weighted by atomic mass is 9.79. The van der Waals surface area contributed by atoms with E-state index in [2.05, 4.69) is 31.1 Å². The number of hydrogen-bond acceptors (Lipinski definition) is 4. The lowest BCUT2D eigenvalue weighted by Gasteiger charge is -2.42. The second-order valence-corrected chi connectivity index (χ2v) is 6.48. The number of methoxy groups -OCH3 is 2. The van der Waals surface area contributed by atoms with Gasteiger partial charge in [-0.2, -0.15) is 0 Å². The van der Waals surface area contributed by atoms with Crippen molar-refractivity contribution in [3.63, 3.8) is 0 Å². The van der Waals surface area contributed by atoms with Crippen LogP contribution < -0.4 is 10.6 Å². The van der Waals surface area contributed by atoms with Gasteiger partial charge in [0.25, 0.3) is 0 Å². The van der Waals surface area contributed by atoms with Gasteiger partial charge in [0.1, 0.15) is 0 Å². The zero-order valence-electron chi connectivity index (χ0n) is 15.0. The van der Waals surface area contributed by atoms with Crippen LogP contribution in [0.4, 0.5) is 0 Å². The largest absolute Gasteiger partial charge is 0.381 e. The molecule has 2 heterocycles. The van der Waals surface area contributed by atoms with Gasteiger partial charge in [-0.3, -0.25) is 9.59 Å². The summed E-state index contributed by atoms with van der Waals surface area (Å²) in [4.78, 5) is 22.1. The molecule has 0 aliphatic carbocycles. The molecule has 6 heteroatoms. The van der Waals surface area contributed by atoms with Crippen LogP contribution in [0.1, 0.15) is 27.7 Å². The summed E-state index contributed by atoms with van der Waals surface area (Å²) in [5, 5.41) is 5.61. The summed E-state index contributed by atoms with van der Waals surface area (Å²) in [6.07, 6.45) is 1.75. The lowest BCUT2D eigenvalue weighted by molar-refractivity contribution is -0.143. The van der Waals surface area contributed by atoms with Crippen molar-refractivity contribution in [3.05, 3.63) is 12.7 Å². The van der Waals surface area contributed by atoms with Crippen molar-refractivity contribution in [2.75, 3.05) is 14.2 Å². The van der Waals surface area contributed by atoms with E-state index in [1.807, 2.05) is 13.8 Å². The molecule has 6 nitrogen and oxygen atoms in total. The van der Waals surface area contributed by atoms with Gasteiger partial charge in [-0.1, -0.05) is 19.9 Å². The lowest BCUT2D eigenvalue weighted by Crippen LogP contribution is -2.64. The number of rotatable bonds is 6. The quantitative estimate of drug-likeness (QED) is 0.566. The summed E-state index contributed by atoms with van der Waals surface area (Å²) in [6.45, 7) is 11.7. The van der Waals surface area contributed by atoms with Crippen molar-refractivity contribution < 1.29 is 19.1 Å². The third-order valence-electron chi connectivity index (χ3n) is 4.72. The number of amides is 2. The average molecular weight is 326 g/mol. The van der Waals surface area contributed by atoms with Gasteiger partial charge in [-0.15, -0.1) is 6.58 Å². The normalized spacial score (nSPS) is 31.6. The molecule has 2 fully saturated rings. The maximum absolute atomic E-state index is 11.2. The summed E-state index contributed by atoms with van der Waals surface area (Å²) >= 11 is 0. The van der Waals surface area contributed by atoms with Crippen LogP contribution in [0.2, 0.25) is 0 Å². The molecule has 0 radical (unpaired) electrons. The topological polar surface area (TPSA) is 76.7 Å². The van der Waals surface area contributed by atoms with E-state index in [1.54, 1.807) is 20.3 Å². The predicted octanol–water partition coefficient (Wildman–Crippen LogP) is 1.11. The molecule has 0 saturated carbocycles.